The number of hydrogen-bond donors (Lipinski definition) is 1. The highest BCUT2D eigenvalue weighted by Crippen LogP contribution is 2.26. The van der Waals surface area contributed by atoms with Gasteiger partial charge < -0.3 is 9.73 Å². The zero-order valence-electron chi connectivity index (χ0n) is 11.1. The van der Waals surface area contributed by atoms with Crippen molar-refractivity contribution in [2.24, 2.45) is 0 Å². The van der Waals surface area contributed by atoms with E-state index in [4.69, 9.17) is 4.42 Å². The van der Waals surface area contributed by atoms with E-state index >= 15 is 0 Å². The molecule has 21 heavy (non-hydrogen) atoms. The molecule has 0 saturated carbocycles. The molecule has 3 rings (SSSR count). The van der Waals surface area contributed by atoms with Gasteiger partial charge in [-0.15, -0.1) is 0 Å². The van der Waals surface area contributed by atoms with Crippen LogP contribution in [0.15, 0.2) is 46.9 Å². The first kappa shape index (κ1) is 13.3. The quantitative estimate of drug-likeness (QED) is 0.764. The first-order valence-corrected chi connectivity index (χ1v) is 6.30. The second kappa shape index (κ2) is 5.01. The molecule has 0 unspecified atom stereocenters. The molecule has 0 bridgehead atoms. The summed E-state index contributed by atoms with van der Waals surface area (Å²) < 4.78 is 31.8. The Morgan fingerprint density at radius 1 is 1.10 bits per heavy atom. The van der Waals surface area contributed by atoms with Gasteiger partial charge in [0.25, 0.3) is 5.91 Å². The van der Waals surface area contributed by atoms with Crippen molar-refractivity contribution in [3.05, 3.63) is 65.4 Å². The maximum Gasteiger partial charge on any atom is 0.291 e. The van der Waals surface area contributed by atoms with E-state index in [9.17, 15) is 13.6 Å². The lowest BCUT2D eigenvalue weighted by atomic mass is 10.1. The van der Waals surface area contributed by atoms with E-state index in [0.29, 0.717) is 22.2 Å². The molecule has 0 fully saturated rings. The Kier molecular flexibility index (Phi) is 3.17. The van der Waals surface area contributed by atoms with Crippen molar-refractivity contribution >= 4 is 22.6 Å². The van der Waals surface area contributed by atoms with Gasteiger partial charge in [-0.05, 0) is 43.3 Å². The third-order valence-corrected chi connectivity index (χ3v) is 3.19. The lowest BCUT2D eigenvalue weighted by Gasteiger charge is -2.03. The largest absolute Gasteiger partial charge is 0.451 e. The zero-order valence-corrected chi connectivity index (χ0v) is 11.1. The molecule has 106 valence electrons. The van der Waals surface area contributed by atoms with Crippen molar-refractivity contribution in [2.45, 2.75) is 6.92 Å². The second-order valence-electron chi connectivity index (χ2n) is 4.66. The lowest BCUT2D eigenvalue weighted by Crippen LogP contribution is -2.12. The number of hydrogen-bond acceptors (Lipinski definition) is 2. The van der Waals surface area contributed by atoms with E-state index in [-0.39, 0.29) is 5.76 Å². The molecule has 0 atom stereocenters. The van der Waals surface area contributed by atoms with Gasteiger partial charge in [0.1, 0.15) is 17.2 Å². The van der Waals surface area contributed by atoms with E-state index in [1.165, 1.54) is 36.4 Å². The second-order valence-corrected chi connectivity index (χ2v) is 4.66. The minimum atomic E-state index is -0.505. The topological polar surface area (TPSA) is 42.2 Å². The molecule has 5 heteroatoms. The standard InChI is InChI=1S/C16H11F2NO2/c1-9-13-8-11(18)5-6-14(13)21-15(9)16(20)19-12-4-2-3-10(17)7-12/h2-8H,1H3,(H,19,20). The van der Waals surface area contributed by atoms with Gasteiger partial charge in [-0.1, -0.05) is 6.07 Å². The van der Waals surface area contributed by atoms with Crippen LogP contribution in [0.1, 0.15) is 16.1 Å². The fourth-order valence-electron chi connectivity index (χ4n) is 2.16. The summed E-state index contributed by atoms with van der Waals surface area (Å²) in [4.78, 5) is 12.2. The Hall–Kier alpha value is -2.69. The normalized spacial score (nSPS) is 10.8. The Balaban J connectivity index is 1.96. The predicted molar refractivity (Wildman–Crippen MR) is 75.3 cm³/mol. The zero-order chi connectivity index (χ0) is 15.0. The summed E-state index contributed by atoms with van der Waals surface area (Å²) in [5.41, 5.74) is 1.29. The summed E-state index contributed by atoms with van der Waals surface area (Å²) in [5.74, 6) is -1.27. The number of amides is 1. The minimum absolute atomic E-state index is 0.0832. The molecule has 3 aromatic rings. The number of benzene rings is 2. The molecular formula is C16H11F2NO2. The molecule has 0 spiro atoms. The molecule has 1 heterocycles. The van der Waals surface area contributed by atoms with Gasteiger partial charge >= 0.3 is 0 Å². The summed E-state index contributed by atoms with van der Waals surface area (Å²) >= 11 is 0. The summed E-state index contributed by atoms with van der Waals surface area (Å²) in [6.07, 6.45) is 0. The number of carbonyl (C=O) groups excluding carboxylic acids is 1. The molecule has 1 aromatic heterocycles. The van der Waals surface area contributed by atoms with Crippen molar-refractivity contribution in [1.29, 1.82) is 0 Å². The number of aryl methyl sites for hydroxylation is 1. The van der Waals surface area contributed by atoms with Crippen LogP contribution in [-0.2, 0) is 0 Å². The molecule has 0 radical (unpaired) electrons. The van der Waals surface area contributed by atoms with Crippen molar-refractivity contribution in [3.63, 3.8) is 0 Å². The number of furan rings is 1. The van der Waals surface area contributed by atoms with Gasteiger partial charge in [-0.2, -0.15) is 0 Å². The highest BCUT2D eigenvalue weighted by Gasteiger charge is 2.18. The Morgan fingerprint density at radius 3 is 2.62 bits per heavy atom. The monoisotopic (exact) mass is 287 g/mol. The third-order valence-electron chi connectivity index (χ3n) is 3.19. The Bertz CT molecular complexity index is 839. The molecule has 3 nitrogen and oxygen atoms in total. The van der Waals surface area contributed by atoms with Crippen LogP contribution in [0, 0.1) is 18.6 Å². The van der Waals surface area contributed by atoms with Crippen molar-refractivity contribution < 1.29 is 18.0 Å². The first-order valence-electron chi connectivity index (χ1n) is 6.30. The summed E-state index contributed by atoms with van der Waals surface area (Å²) in [6.45, 7) is 1.67. The van der Waals surface area contributed by atoms with Gasteiger partial charge in [0, 0.05) is 16.6 Å². The van der Waals surface area contributed by atoms with Crippen LogP contribution < -0.4 is 5.32 Å². The molecule has 0 aliphatic rings. The van der Waals surface area contributed by atoms with Crippen LogP contribution in [0.2, 0.25) is 0 Å². The Morgan fingerprint density at radius 2 is 1.86 bits per heavy atom. The van der Waals surface area contributed by atoms with E-state index in [0.717, 1.165) is 0 Å². The lowest BCUT2D eigenvalue weighted by molar-refractivity contribution is 0.0998. The number of rotatable bonds is 2. The maximum atomic E-state index is 13.2. The van der Waals surface area contributed by atoms with Gasteiger partial charge in [-0.25, -0.2) is 8.78 Å². The average Bonchev–Trinajstić information content (AvgIpc) is 2.76. The highest BCUT2D eigenvalue weighted by atomic mass is 19.1. The summed E-state index contributed by atoms with van der Waals surface area (Å²) in [7, 11) is 0. The van der Waals surface area contributed by atoms with Crippen LogP contribution >= 0.6 is 0 Å². The first-order chi connectivity index (χ1) is 10.0. The average molecular weight is 287 g/mol. The Labute approximate surface area is 119 Å². The smallest absolute Gasteiger partial charge is 0.291 e. The molecule has 0 aliphatic carbocycles. The van der Waals surface area contributed by atoms with Crippen molar-refractivity contribution in [1.82, 2.24) is 0 Å². The molecule has 0 aliphatic heterocycles. The summed E-state index contributed by atoms with van der Waals surface area (Å²) in [6, 6.07) is 9.59. The van der Waals surface area contributed by atoms with E-state index in [1.54, 1.807) is 13.0 Å². The fourth-order valence-corrected chi connectivity index (χ4v) is 2.16. The van der Waals surface area contributed by atoms with Crippen molar-refractivity contribution in [3.8, 4) is 0 Å². The molecule has 1 amide bonds. The number of halogens is 2. The molecule has 1 N–H and O–H groups in total. The number of anilines is 1. The van der Waals surface area contributed by atoms with Gasteiger partial charge in [-0.3, -0.25) is 4.79 Å². The van der Waals surface area contributed by atoms with E-state index in [1.807, 2.05) is 0 Å². The third kappa shape index (κ3) is 2.50. The van der Waals surface area contributed by atoms with Crippen molar-refractivity contribution in [2.75, 3.05) is 5.32 Å². The molecular weight excluding hydrogens is 276 g/mol. The van der Waals surface area contributed by atoms with Crippen LogP contribution in [0.5, 0.6) is 0 Å². The minimum Gasteiger partial charge on any atom is -0.451 e. The molecule has 0 saturated heterocycles. The van der Waals surface area contributed by atoms with Crippen LogP contribution in [0.3, 0.4) is 0 Å². The fraction of sp³-hybridized carbons (Fsp3) is 0.0625. The highest BCUT2D eigenvalue weighted by molar-refractivity contribution is 6.06. The van der Waals surface area contributed by atoms with Crippen LogP contribution in [-0.4, -0.2) is 5.91 Å². The number of carbonyl (C=O) groups is 1. The molecule has 2 aromatic carbocycles. The van der Waals surface area contributed by atoms with Gasteiger partial charge in [0.15, 0.2) is 5.76 Å². The number of fused-ring (bicyclic) bond motifs is 1. The van der Waals surface area contributed by atoms with Crippen LogP contribution in [0.25, 0.3) is 11.0 Å². The number of nitrogens with one attached hydrogen (secondary N) is 1. The summed E-state index contributed by atoms with van der Waals surface area (Å²) in [5, 5.41) is 3.09. The SMILES string of the molecule is Cc1c(C(=O)Nc2cccc(F)c2)oc2ccc(F)cc12. The van der Waals surface area contributed by atoms with Crippen LogP contribution in [0.4, 0.5) is 14.5 Å². The maximum absolute atomic E-state index is 13.2. The predicted octanol–water partition coefficient (Wildman–Crippen LogP) is 4.27. The van der Waals surface area contributed by atoms with E-state index in [2.05, 4.69) is 5.32 Å². The van der Waals surface area contributed by atoms with Gasteiger partial charge in [0.05, 0.1) is 0 Å². The van der Waals surface area contributed by atoms with Gasteiger partial charge in [0.2, 0.25) is 0 Å². The van der Waals surface area contributed by atoms with E-state index < -0.39 is 17.5 Å².